The molecule has 97 heavy (non-hydrogen) atoms. The Morgan fingerprint density at radius 2 is 0.814 bits per heavy atom. The number of rotatable bonds is 25. The van der Waals surface area contributed by atoms with E-state index in [0.29, 0.717) is 0 Å². The second-order valence-corrected chi connectivity index (χ2v) is 24.3. The van der Waals surface area contributed by atoms with Crippen molar-refractivity contribution in [1.29, 1.82) is 0 Å². The lowest BCUT2D eigenvalue weighted by molar-refractivity contribution is -0.399. The van der Waals surface area contributed by atoms with E-state index in [0.717, 1.165) is 6.92 Å². The molecule has 8 rings (SSSR count). The summed E-state index contributed by atoms with van der Waals surface area (Å²) in [5.74, 6) is -8.82. The quantitative estimate of drug-likeness (QED) is 0.0404. The van der Waals surface area contributed by atoms with E-state index in [1.165, 1.54) is 0 Å². The Balaban J connectivity index is 1.07. The van der Waals surface area contributed by atoms with Crippen molar-refractivity contribution in [1.82, 2.24) is 5.32 Å². The molecule has 45 nitrogen and oxygen atoms in total. The van der Waals surface area contributed by atoms with E-state index in [4.69, 9.17) is 82.5 Å². The van der Waals surface area contributed by atoms with Gasteiger partial charge in [0.25, 0.3) is 5.79 Å². The Labute approximate surface area is 546 Å². The number of aliphatic hydroxyl groups excluding tert-OH is 21. The van der Waals surface area contributed by atoms with Gasteiger partial charge in [0.2, 0.25) is 5.91 Å². The van der Waals surface area contributed by atoms with E-state index in [1.54, 1.807) is 0 Å². The summed E-state index contributed by atoms with van der Waals surface area (Å²) in [6.45, 7) is -6.82. The molecule has 8 saturated heterocycles. The minimum Gasteiger partial charge on any atom is -0.479 e. The number of aliphatic hydroxyl groups is 22. The normalized spacial score (nSPS) is 50.3. The van der Waals surface area contributed by atoms with Gasteiger partial charge in [-0.2, -0.15) is 0 Å². The molecule has 0 aromatic heterocycles. The van der Waals surface area contributed by atoms with E-state index in [2.05, 4.69) is 5.32 Å². The number of carbonyl (C=O) groups excluding carboxylic acids is 1. The first-order valence-electron chi connectivity index (χ1n) is 30.3. The van der Waals surface area contributed by atoms with Crippen molar-refractivity contribution < 1.29 is 208 Å². The Kier molecular flexibility index (Phi) is 27.5. The number of carboxylic acids is 2. The van der Waals surface area contributed by atoms with E-state index in [-0.39, 0.29) is 0 Å². The van der Waals surface area contributed by atoms with Gasteiger partial charge in [-0.05, 0) is 0 Å². The van der Waals surface area contributed by atoms with E-state index in [9.17, 15) is 137 Å². The highest BCUT2D eigenvalue weighted by Gasteiger charge is 2.62. The van der Waals surface area contributed by atoms with Gasteiger partial charge in [-0.15, -0.1) is 0 Å². The lowest BCUT2D eigenvalue weighted by Gasteiger charge is -2.51. The van der Waals surface area contributed by atoms with Crippen molar-refractivity contribution in [3.05, 3.63) is 0 Å². The summed E-state index contributed by atoms with van der Waals surface area (Å²) in [4.78, 5) is 39.6. The number of nitrogens with one attached hydrogen (secondary N) is 1. The highest BCUT2D eigenvalue weighted by atomic mass is 16.8. The molecule has 29 N–H and O–H groups in total. The first-order chi connectivity index (χ1) is 45.7. The van der Waals surface area contributed by atoms with Crippen LogP contribution in [0.5, 0.6) is 0 Å². The van der Waals surface area contributed by atoms with Gasteiger partial charge in [-0.1, -0.05) is 0 Å². The van der Waals surface area contributed by atoms with Gasteiger partial charge in [0.1, 0.15) is 171 Å². The van der Waals surface area contributed by atoms with Gasteiger partial charge in [-0.25, -0.2) is 9.59 Å². The molecule has 8 aliphatic rings. The average Bonchev–Trinajstić information content (AvgIpc) is 0.836. The highest BCUT2D eigenvalue weighted by Crippen LogP contribution is 2.41. The molecule has 562 valence electrons. The second-order valence-electron chi connectivity index (χ2n) is 24.3. The third-order valence-corrected chi connectivity index (χ3v) is 17.8. The van der Waals surface area contributed by atoms with Crippen LogP contribution in [0, 0.1) is 0 Å². The second kappa shape index (κ2) is 33.5. The van der Waals surface area contributed by atoms with Crippen molar-refractivity contribution in [2.45, 2.75) is 258 Å². The molecular weight excluding hydrogens is 1340 g/mol. The number of hydrogen-bond acceptors (Lipinski definition) is 42. The summed E-state index contributed by atoms with van der Waals surface area (Å²) >= 11 is 0. The van der Waals surface area contributed by atoms with Crippen molar-refractivity contribution >= 4 is 17.8 Å². The Bertz CT molecular complexity index is 2520. The summed E-state index contributed by atoms with van der Waals surface area (Å²) in [7, 11) is 0. The summed E-state index contributed by atoms with van der Waals surface area (Å²) < 4.78 is 86.0. The summed E-state index contributed by atoms with van der Waals surface area (Å²) in [5.41, 5.74) is 12.2. The minimum atomic E-state index is -3.47. The molecule has 0 bridgehead atoms. The molecular formula is C52H87N3O42. The van der Waals surface area contributed by atoms with Gasteiger partial charge >= 0.3 is 11.9 Å². The molecule has 0 unspecified atom stereocenters. The zero-order valence-electron chi connectivity index (χ0n) is 50.9. The van der Waals surface area contributed by atoms with Gasteiger partial charge in [0.05, 0.1) is 64.4 Å². The number of ether oxygens (including phenoxy) is 15. The van der Waals surface area contributed by atoms with Crippen LogP contribution >= 0.6 is 0 Å². The van der Waals surface area contributed by atoms with Crippen molar-refractivity contribution in [3.8, 4) is 0 Å². The van der Waals surface area contributed by atoms with E-state index < -0.39 is 315 Å². The van der Waals surface area contributed by atoms with Crippen molar-refractivity contribution in [2.75, 3.05) is 46.2 Å². The Morgan fingerprint density at radius 1 is 0.433 bits per heavy atom. The molecule has 0 radical (unpaired) electrons. The molecule has 0 spiro atoms. The zero-order valence-corrected chi connectivity index (χ0v) is 50.9. The predicted octanol–water partition coefficient (Wildman–Crippen LogP) is -18.4. The number of carboxylic acid groups (broad SMARTS) is 2. The van der Waals surface area contributed by atoms with Crippen LogP contribution in [-0.4, -0.2) is 432 Å². The number of hydrogen-bond donors (Lipinski definition) is 27. The van der Waals surface area contributed by atoms with Crippen LogP contribution < -0.4 is 16.8 Å². The van der Waals surface area contributed by atoms with Crippen LogP contribution in [0.3, 0.4) is 0 Å². The summed E-state index contributed by atoms with van der Waals surface area (Å²) in [6.07, 6.45) is -77.3. The predicted molar refractivity (Wildman–Crippen MR) is 292 cm³/mol. The maximum Gasteiger partial charge on any atom is 0.364 e. The van der Waals surface area contributed by atoms with Gasteiger partial charge in [0, 0.05) is 13.3 Å². The molecule has 8 heterocycles. The number of nitrogens with two attached hydrogens (primary N) is 2. The average molecular weight is 1430 g/mol. The maximum atomic E-state index is 13.5. The van der Waals surface area contributed by atoms with Crippen LogP contribution in [0.15, 0.2) is 0 Å². The van der Waals surface area contributed by atoms with Gasteiger partial charge in [0.15, 0.2) is 50.1 Å². The fraction of sp³-hybridized carbons (Fsp3) is 0.942. The fourth-order valence-electron chi connectivity index (χ4n) is 12.3. The summed E-state index contributed by atoms with van der Waals surface area (Å²) in [6, 6.07) is -5.75. The van der Waals surface area contributed by atoms with Crippen molar-refractivity contribution in [2.24, 2.45) is 11.5 Å². The molecule has 8 fully saturated rings. The van der Waals surface area contributed by atoms with Crippen LogP contribution in [0.4, 0.5) is 0 Å². The van der Waals surface area contributed by atoms with Crippen LogP contribution in [0.1, 0.15) is 13.3 Å². The molecule has 45 heteroatoms. The number of aliphatic carboxylic acids is 2. The van der Waals surface area contributed by atoms with Gasteiger partial charge in [-0.3, -0.25) is 4.79 Å². The molecule has 0 aromatic carbocycles. The molecule has 8 aliphatic heterocycles. The number of amides is 1. The monoisotopic (exact) mass is 1430 g/mol. The molecule has 40 atom stereocenters. The fourth-order valence-corrected chi connectivity index (χ4v) is 12.3. The van der Waals surface area contributed by atoms with E-state index >= 15 is 0 Å². The minimum absolute atomic E-state index is 0.844. The Morgan fingerprint density at radius 3 is 1.28 bits per heavy atom. The lowest BCUT2D eigenvalue weighted by Crippen LogP contribution is -2.72. The highest BCUT2D eigenvalue weighted by molar-refractivity contribution is 5.76. The standard InChI is InChI=1S/C52H87N3O42/c1-10(63)55-21-39(93-49-35(77)31(73)36(16(7-60)90-49)91-48-34(76)32(74)37(17(8-61)89-48)92-50-40(30(72)25(67)15(6-59)87-50)94-47-33(75)29(71)24(66)14(5-58)86-47)41(95-45-20(54)28(70)23(65)13(4-57)85-45)42(43(78)79)96-46(21)83-11-2-52(82,51(80)81)97-38(26(11)68)18(9-62)88-44-19(53)27(69)22(64)12(3-56)84-44/h11-42,44-50,56-62,64-77,82H,2-9,53-54H2,1H3,(H,55,63)(H,78,79)(H,80,81)/t11-,12-,13-,14-,15-,16-,17-,18-,19-,20-,21-,22-,23+,24-,25-,26-,27-,28-,29+,30+,31-,32-,33-,34-,35-,36-,37-,38-,39-,40-,41+,42+,44+,45-,46+,47-,48+,49+,50+,52-/m1/s1. The first kappa shape index (κ1) is 79.6. The molecule has 0 aromatic rings. The SMILES string of the molecule is CC(=O)N[C@H]1[C@@H](O[C@@H]2C[C@](O)(C(=O)O)O[C@H]([C@@H](CO)O[C@@H]3O[C@H](CO)[C@@H](O)[C@H](O)[C@H]3N)[C@@H]2O)O[C@H](C(=O)O)[C@@H](O[C@H]2O[C@H](CO)[C@H](O)[C@H](O)[C@H]2N)[C@@H]1O[C@@H]1O[C@H](CO)[C@@H](O[C@@H]2O[C@H](CO)[C@@H](O[C@@H]3O[C@H](CO)[C@@H](O)[C@H](O)[C@H]3O[C@H]3O[C@H](CO)[C@@H](O)[C@H](O)[C@H]3O)[C@H](O)[C@H]2O)[C@H](O)[C@H]1O. The molecule has 0 saturated carbocycles. The maximum absolute atomic E-state index is 13.5. The summed E-state index contributed by atoms with van der Waals surface area (Å²) in [5, 5.41) is 261. The Hall–Kier alpha value is -3.15. The first-order valence-corrected chi connectivity index (χ1v) is 30.3. The molecule has 0 aliphatic carbocycles. The lowest BCUT2D eigenvalue weighted by atomic mass is 9.91. The third-order valence-electron chi connectivity index (χ3n) is 17.8. The van der Waals surface area contributed by atoms with Crippen molar-refractivity contribution in [3.63, 3.8) is 0 Å². The third kappa shape index (κ3) is 16.6. The van der Waals surface area contributed by atoms with Crippen LogP contribution in [0.25, 0.3) is 0 Å². The zero-order chi connectivity index (χ0) is 71.7. The number of carbonyl (C=O) groups is 3. The van der Waals surface area contributed by atoms with Crippen LogP contribution in [0.2, 0.25) is 0 Å². The largest absolute Gasteiger partial charge is 0.479 e. The van der Waals surface area contributed by atoms with E-state index in [1.807, 2.05) is 0 Å². The van der Waals surface area contributed by atoms with Gasteiger partial charge < -0.3 is 210 Å². The topological polar surface area (TPSA) is 739 Å². The van der Waals surface area contributed by atoms with Crippen LogP contribution in [-0.2, 0) is 85.4 Å². The smallest absolute Gasteiger partial charge is 0.364 e. The molecule has 1 amide bonds.